The lowest BCUT2D eigenvalue weighted by atomic mass is 9.93. The van der Waals surface area contributed by atoms with Crippen LogP contribution in [0.25, 0.3) is 11.6 Å². The highest BCUT2D eigenvalue weighted by Gasteiger charge is 2.27. The molecule has 9 heteroatoms. The van der Waals surface area contributed by atoms with Crippen molar-refractivity contribution in [3.63, 3.8) is 0 Å². The normalized spacial score (nSPS) is 20.0. The first kappa shape index (κ1) is 19.3. The minimum atomic E-state index is -0.220. The molecule has 0 aromatic carbocycles. The van der Waals surface area contributed by atoms with Crippen molar-refractivity contribution >= 4 is 23.9 Å². The molecule has 0 saturated carbocycles. The van der Waals surface area contributed by atoms with Crippen molar-refractivity contribution < 1.29 is 13.9 Å². The quantitative estimate of drug-likeness (QED) is 0.734. The molecule has 0 spiro atoms. The highest BCUT2D eigenvalue weighted by atomic mass is 32.1. The van der Waals surface area contributed by atoms with Crippen LogP contribution in [0.3, 0.4) is 0 Å². The minimum absolute atomic E-state index is 0.0766. The van der Waals surface area contributed by atoms with E-state index in [-0.39, 0.29) is 11.7 Å². The summed E-state index contributed by atoms with van der Waals surface area (Å²) in [7, 11) is 1.64. The van der Waals surface area contributed by atoms with Gasteiger partial charge in [-0.15, -0.1) is 0 Å². The van der Waals surface area contributed by atoms with Gasteiger partial charge in [0, 0.05) is 51.0 Å². The zero-order valence-corrected chi connectivity index (χ0v) is 16.7. The topological polar surface area (TPSA) is 85.5 Å². The molecular weight excluding hydrogens is 380 g/mol. The summed E-state index contributed by atoms with van der Waals surface area (Å²) in [5.74, 6) is 0.609. The Morgan fingerprint density at radius 3 is 2.89 bits per heavy atom. The van der Waals surface area contributed by atoms with Crippen LogP contribution < -0.4 is 5.56 Å². The molecule has 1 saturated heterocycles. The molecule has 3 heterocycles. The van der Waals surface area contributed by atoms with Gasteiger partial charge in [0.15, 0.2) is 16.9 Å². The van der Waals surface area contributed by atoms with Crippen molar-refractivity contribution in [1.29, 1.82) is 0 Å². The van der Waals surface area contributed by atoms with Gasteiger partial charge in [0.05, 0.1) is 31.1 Å². The number of aromatic amines is 1. The Morgan fingerprint density at radius 1 is 1.36 bits per heavy atom. The number of aromatic nitrogens is 3. The van der Waals surface area contributed by atoms with Gasteiger partial charge in [-0.25, -0.2) is 4.98 Å². The standard InChI is InChI=1S/C19H24N4O4S/c1-25-16-10-15-13(9-14(16)17-11-20-12-27-17)18(24)23(19(28)21-15)4-2-3-22-5-7-26-8-6-22/h9,11-12,16H,2-8,10H2,1H3,(H,21,28). The third-order valence-corrected chi connectivity index (χ3v) is 5.62. The average molecular weight is 404 g/mol. The number of hydrogen-bond acceptors (Lipinski definition) is 7. The van der Waals surface area contributed by atoms with Crippen molar-refractivity contribution in [3.05, 3.63) is 44.7 Å². The minimum Gasteiger partial charge on any atom is -0.444 e. The van der Waals surface area contributed by atoms with Gasteiger partial charge in [-0.1, -0.05) is 0 Å². The molecule has 0 bridgehead atoms. The predicted octanol–water partition coefficient (Wildman–Crippen LogP) is 1.73. The van der Waals surface area contributed by atoms with Crippen LogP contribution in [0.5, 0.6) is 0 Å². The van der Waals surface area contributed by atoms with Crippen molar-refractivity contribution in [2.45, 2.75) is 25.5 Å². The van der Waals surface area contributed by atoms with Crippen LogP contribution >= 0.6 is 12.2 Å². The lowest BCUT2D eigenvalue weighted by molar-refractivity contribution is 0.0369. The predicted molar refractivity (Wildman–Crippen MR) is 107 cm³/mol. The van der Waals surface area contributed by atoms with Crippen molar-refractivity contribution in [2.24, 2.45) is 0 Å². The molecule has 4 rings (SSSR count). The molecule has 1 aliphatic heterocycles. The molecule has 2 aliphatic rings. The molecule has 1 aliphatic carbocycles. The number of nitrogens with one attached hydrogen (secondary N) is 1. The van der Waals surface area contributed by atoms with Crippen LogP contribution in [-0.4, -0.2) is 65.5 Å². The van der Waals surface area contributed by atoms with Gasteiger partial charge >= 0.3 is 0 Å². The van der Waals surface area contributed by atoms with Crippen LogP contribution in [0.2, 0.25) is 0 Å². The number of hydrogen-bond donors (Lipinski definition) is 1. The lowest BCUT2D eigenvalue weighted by Crippen LogP contribution is -2.37. The summed E-state index contributed by atoms with van der Waals surface area (Å²) in [6.45, 7) is 4.93. The first-order valence-corrected chi connectivity index (χ1v) is 9.87. The van der Waals surface area contributed by atoms with Crippen molar-refractivity contribution in [3.8, 4) is 0 Å². The van der Waals surface area contributed by atoms with Crippen LogP contribution in [0.15, 0.2) is 21.8 Å². The highest BCUT2D eigenvalue weighted by molar-refractivity contribution is 7.71. The third kappa shape index (κ3) is 3.88. The van der Waals surface area contributed by atoms with E-state index < -0.39 is 0 Å². The largest absolute Gasteiger partial charge is 0.444 e. The van der Waals surface area contributed by atoms with Crippen LogP contribution in [-0.2, 0) is 22.4 Å². The number of morpholine rings is 1. The van der Waals surface area contributed by atoms with E-state index in [1.54, 1.807) is 17.9 Å². The number of ether oxygens (including phenoxy) is 2. The lowest BCUT2D eigenvalue weighted by Gasteiger charge is -2.26. The Balaban J connectivity index is 1.59. The molecule has 8 nitrogen and oxygen atoms in total. The number of rotatable bonds is 6. The molecule has 150 valence electrons. The molecular formula is C19H24N4O4S. The van der Waals surface area contributed by atoms with Crippen LogP contribution in [0.4, 0.5) is 0 Å². The van der Waals surface area contributed by atoms with E-state index in [4.69, 9.17) is 26.1 Å². The summed E-state index contributed by atoms with van der Waals surface area (Å²) >= 11 is 5.46. The van der Waals surface area contributed by atoms with E-state index in [2.05, 4.69) is 14.9 Å². The van der Waals surface area contributed by atoms with E-state index in [1.165, 1.54) is 6.39 Å². The monoisotopic (exact) mass is 404 g/mol. The van der Waals surface area contributed by atoms with Gasteiger partial charge in [-0.3, -0.25) is 14.3 Å². The van der Waals surface area contributed by atoms with Crippen LogP contribution in [0, 0.1) is 4.77 Å². The van der Waals surface area contributed by atoms with E-state index in [0.717, 1.165) is 50.5 Å². The fourth-order valence-electron chi connectivity index (χ4n) is 3.76. The number of H-pyrrole nitrogens is 1. The van der Waals surface area contributed by atoms with E-state index in [1.807, 2.05) is 6.08 Å². The summed E-state index contributed by atoms with van der Waals surface area (Å²) in [5.41, 5.74) is 2.15. The maximum atomic E-state index is 13.1. The first-order chi connectivity index (χ1) is 13.7. The van der Waals surface area contributed by atoms with Crippen LogP contribution in [0.1, 0.15) is 23.4 Å². The number of methoxy groups -OCH3 is 1. The van der Waals surface area contributed by atoms with Crippen molar-refractivity contribution in [2.75, 3.05) is 40.0 Å². The highest BCUT2D eigenvalue weighted by Crippen LogP contribution is 2.30. The van der Waals surface area contributed by atoms with E-state index in [9.17, 15) is 4.79 Å². The maximum Gasteiger partial charge on any atom is 0.261 e. The summed E-state index contributed by atoms with van der Waals surface area (Å²) in [6, 6.07) is 0. The number of oxazole rings is 1. The molecule has 0 amide bonds. The van der Waals surface area contributed by atoms with Gasteiger partial charge in [-0.2, -0.15) is 0 Å². The van der Waals surface area contributed by atoms with Gasteiger partial charge in [-0.05, 0) is 24.7 Å². The maximum absolute atomic E-state index is 13.1. The Labute approximate surface area is 167 Å². The molecule has 2 aromatic rings. The number of fused-ring (bicyclic) bond motifs is 1. The zero-order valence-electron chi connectivity index (χ0n) is 15.8. The Hall–Kier alpha value is -2.07. The third-order valence-electron chi connectivity index (χ3n) is 5.30. The van der Waals surface area contributed by atoms with Crippen molar-refractivity contribution in [1.82, 2.24) is 19.4 Å². The summed E-state index contributed by atoms with van der Waals surface area (Å²) in [5, 5.41) is 0. The first-order valence-electron chi connectivity index (χ1n) is 9.46. The Kier molecular flexibility index (Phi) is 5.86. The Morgan fingerprint density at radius 2 is 2.18 bits per heavy atom. The van der Waals surface area contributed by atoms with E-state index >= 15 is 0 Å². The Bertz CT molecular complexity index is 957. The fourth-order valence-corrected chi connectivity index (χ4v) is 4.06. The van der Waals surface area contributed by atoms with Gasteiger partial charge < -0.3 is 18.9 Å². The molecule has 0 radical (unpaired) electrons. The van der Waals surface area contributed by atoms with Gasteiger partial charge in [0.25, 0.3) is 5.56 Å². The molecule has 1 atom stereocenters. The zero-order chi connectivity index (χ0) is 19.5. The second-order valence-corrected chi connectivity index (χ2v) is 7.37. The second-order valence-electron chi connectivity index (χ2n) is 6.98. The molecule has 1 unspecified atom stereocenters. The van der Waals surface area contributed by atoms with Gasteiger partial charge in [0.2, 0.25) is 0 Å². The average Bonchev–Trinajstić information content (AvgIpc) is 3.25. The SMILES string of the molecule is COC1Cc2[nH]c(=S)n(CCCN3CCOCC3)c(=O)c2C=C1c1cnco1. The molecule has 28 heavy (non-hydrogen) atoms. The fraction of sp³-hybridized carbons (Fsp3) is 0.526. The van der Waals surface area contributed by atoms with Gasteiger partial charge in [0.1, 0.15) is 0 Å². The molecule has 2 aromatic heterocycles. The van der Waals surface area contributed by atoms with E-state index in [0.29, 0.717) is 29.1 Å². The molecule has 1 N–H and O–H groups in total. The summed E-state index contributed by atoms with van der Waals surface area (Å²) < 4.78 is 18.5. The summed E-state index contributed by atoms with van der Waals surface area (Å²) in [4.78, 5) is 22.7. The summed E-state index contributed by atoms with van der Waals surface area (Å²) in [6.07, 6.45) is 6.01. The molecule has 1 fully saturated rings. The second kappa shape index (κ2) is 8.52. The number of nitrogens with zero attached hydrogens (tertiary/aromatic N) is 3. The smallest absolute Gasteiger partial charge is 0.261 e.